The first-order valence-electron chi connectivity index (χ1n) is 7.58. The number of carbonyl (C=O) groups is 3. The van der Waals surface area contributed by atoms with E-state index >= 15 is 0 Å². The van der Waals surface area contributed by atoms with Gasteiger partial charge in [0.25, 0.3) is 0 Å². The molecule has 0 aliphatic rings. The summed E-state index contributed by atoms with van der Waals surface area (Å²) in [5, 5.41) is 14.7. The number of aliphatic carboxylic acids is 1. The number of carboxylic acid groups (broad SMARTS) is 1. The van der Waals surface area contributed by atoms with E-state index in [9.17, 15) is 14.4 Å². The molecule has 0 fully saturated rings. The third-order valence-electron chi connectivity index (χ3n) is 3.02. The van der Waals surface area contributed by atoms with E-state index < -0.39 is 30.2 Å². The van der Waals surface area contributed by atoms with Gasteiger partial charge >= 0.3 is 12.0 Å². The molecule has 0 aliphatic carbocycles. The van der Waals surface area contributed by atoms with Crippen LogP contribution in [0.5, 0.6) is 0 Å². The quantitative estimate of drug-likeness (QED) is 0.170. The van der Waals surface area contributed by atoms with Crippen LogP contribution in [0.4, 0.5) is 5.69 Å². The largest absolute Gasteiger partial charge is 0.481 e. The van der Waals surface area contributed by atoms with Crippen LogP contribution in [-0.4, -0.2) is 48.0 Å². The molecule has 27 heavy (non-hydrogen) atoms. The number of nitrogens with one attached hydrogen (secondary N) is 2. The zero-order valence-corrected chi connectivity index (χ0v) is 14.5. The van der Waals surface area contributed by atoms with Gasteiger partial charge in [-0.15, -0.1) is 5.10 Å². The molecule has 1 aromatic rings. The van der Waals surface area contributed by atoms with Gasteiger partial charge in [-0.3, -0.25) is 25.1 Å². The Hall–Kier alpha value is -3.83. The lowest BCUT2D eigenvalue weighted by molar-refractivity contribution is -0.139. The van der Waals surface area contributed by atoms with Gasteiger partial charge in [-0.2, -0.15) is 0 Å². The molecule has 12 nitrogen and oxygen atoms in total. The van der Waals surface area contributed by atoms with Gasteiger partial charge in [0.05, 0.1) is 25.6 Å². The van der Waals surface area contributed by atoms with Crippen LogP contribution in [0.15, 0.2) is 34.4 Å². The maximum atomic E-state index is 12.1. The van der Waals surface area contributed by atoms with Gasteiger partial charge in [0, 0.05) is 0 Å². The molecule has 146 valence electrons. The number of rotatable bonds is 8. The molecule has 0 aromatic heterocycles. The molecule has 12 heteroatoms. The number of carbonyl (C=O) groups excluding carboxylic acids is 2. The molecule has 0 aliphatic heterocycles. The minimum atomic E-state index is -1.26. The first-order chi connectivity index (χ1) is 12.7. The van der Waals surface area contributed by atoms with E-state index in [0.29, 0.717) is 11.3 Å². The second-order valence-electron chi connectivity index (χ2n) is 5.23. The number of hydrogen-bond donors (Lipinski definition) is 6. The number of amides is 2. The monoisotopic (exact) mass is 379 g/mol. The Balaban J connectivity index is 2.74. The molecular weight excluding hydrogens is 358 g/mol. The standard InChI is InChI=1S/C15H21N7O5/c1-27-15(22-21-10(13(16)26)7-12(24)25)20-11(23)6-8-3-2-4-9(5-8)19-14(17)18/h2-5,10,21H,6-7H2,1H3,(H2,16,26)(H,24,25)(H4,17,18,19)(H,20,22,23)/t10-/m0/s1. The van der Waals surface area contributed by atoms with Gasteiger partial charge in [-0.1, -0.05) is 12.1 Å². The average molecular weight is 379 g/mol. The Kier molecular flexibility index (Phi) is 8.03. The van der Waals surface area contributed by atoms with E-state index in [-0.39, 0.29) is 18.4 Å². The van der Waals surface area contributed by atoms with Gasteiger partial charge < -0.3 is 27.0 Å². The summed E-state index contributed by atoms with van der Waals surface area (Å²) in [4.78, 5) is 37.8. The third-order valence-corrected chi connectivity index (χ3v) is 3.02. The number of amidine groups is 1. The zero-order chi connectivity index (χ0) is 20.4. The predicted molar refractivity (Wildman–Crippen MR) is 96.6 cm³/mol. The van der Waals surface area contributed by atoms with Crippen LogP contribution in [0, 0.1) is 0 Å². The predicted octanol–water partition coefficient (Wildman–Crippen LogP) is -1.91. The lowest BCUT2D eigenvalue weighted by Gasteiger charge is -2.12. The Bertz CT molecular complexity index is 759. The molecule has 0 heterocycles. The number of carboxylic acids is 1. The van der Waals surface area contributed by atoms with Crippen molar-refractivity contribution in [3.63, 3.8) is 0 Å². The molecule has 1 rings (SSSR count). The minimum Gasteiger partial charge on any atom is -0.481 e. The zero-order valence-electron chi connectivity index (χ0n) is 14.5. The van der Waals surface area contributed by atoms with Crippen LogP contribution >= 0.6 is 0 Å². The number of nitrogens with zero attached hydrogens (tertiary/aromatic N) is 2. The van der Waals surface area contributed by atoms with Crippen molar-refractivity contribution in [2.45, 2.75) is 18.9 Å². The molecule has 0 bridgehead atoms. The van der Waals surface area contributed by atoms with Crippen molar-refractivity contribution in [2.75, 3.05) is 7.11 Å². The normalized spacial score (nSPS) is 11.8. The Morgan fingerprint density at radius 2 is 1.96 bits per heavy atom. The summed E-state index contributed by atoms with van der Waals surface area (Å²) in [5.74, 6) is -2.75. The smallest absolute Gasteiger partial charge is 0.312 e. The molecule has 0 radical (unpaired) electrons. The Labute approximate surface area is 154 Å². The molecule has 0 saturated carbocycles. The number of hydrogen-bond acceptors (Lipinski definition) is 7. The number of hydrazone groups is 1. The molecule has 9 N–H and O–H groups in total. The van der Waals surface area contributed by atoms with Crippen LogP contribution in [0.1, 0.15) is 12.0 Å². The van der Waals surface area contributed by atoms with Crippen LogP contribution in [0.3, 0.4) is 0 Å². The third kappa shape index (κ3) is 8.20. The lowest BCUT2D eigenvalue weighted by atomic mass is 10.1. The van der Waals surface area contributed by atoms with E-state index in [0.717, 1.165) is 0 Å². The van der Waals surface area contributed by atoms with Crippen LogP contribution < -0.4 is 27.9 Å². The number of ether oxygens (including phenoxy) is 1. The van der Waals surface area contributed by atoms with Crippen LogP contribution in [0.25, 0.3) is 0 Å². The molecule has 1 atom stereocenters. The van der Waals surface area contributed by atoms with Crippen molar-refractivity contribution in [2.24, 2.45) is 27.3 Å². The summed E-state index contributed by atoms with van der Waals surface area (Å²) >= 11 is 0. The fourth-order valence-electron chi connectivity index (χ4n) is 1.88. The minimum absolute atomic E-state index is 0.0371. The molecule has 0 unspecified atom stereocenters. The lowest BCUT2D eigenvalue weighted by Crippen LogP contribution is -2.42. The molecule has 2 amide bonds. The van der Waals surface area contributed by atoms with Crippen molar-refractivity contribution in [1.82, 2.24) is 10.7 Å². The van der Waals surface area contributed by atoms with Crippen molar-refractivity contribution in [3.8, 4) is 0 Å². The highest BCUT2D eigenvalue weighted by Crippen LogP contribution is 2.14. The highest BCUT2D eigenvalue weighted by atomic mass is 16.5. The molecule has 0 saturated heterocycles. The van der Waals surface area contributed by atoms with Crippen molar-refractivity contribution in [1.29, 1.82) is 0 Å². The van der Waals surface area contributed by atoms with E-state index in [1.54, 1.807) is 24.3 Å². The van der Waals surface area contributed by atoms with Gasteiger partial charge in [0.15, 0.2) is 5.96 Å². The van der Waals surface area contributed by atoms with E-state index in [1.807, 2.05) is 0 Å². The first-order valence-corrected chi connectivity index (χ1v) is 7.58. The van der Waals surface area contributed by atoms with Crippen molar-refractivity contribution < 1.29 is 24.2 Å². The van der Waals surface area contributed by atoms with Crippen LogP contribution in [-0.2, 0) is 25.5 Å². The Morgan fingerprint density at radius 3 is 2.52 bits per heavy atom. The van der Waals surface area contributed by atoms with E-state index in [4.69, 9.17) is 27.0 Å². The summed E-state index contributed by atoms with van der Waals surface area (Å²) in [5.41, 5.74) is 19.1. The van der Waals surface area contributed by atoms with Crippen molar-refractivity contribution >= 4 is 35.5 Å². The summed E-state index contributed by atoms with van der Waals surface area (Å²) in [6.07, 6.45) is -0.619. The average Bonchev–Trinajstić information content (AvgIpc) is 2.56. The van der Waals surface area contributed by atoms with Crippen LogP contribution in [0.2, 0.25) is 0 Å². The number of benzene rings is 1. The summed E-state index contributed by atoms with van der Waals surface area (Å²) < 4.78 is 4.87. The fourth-order valence-corrected chi connectivity index (χ4v) is 1.88. The number of primary amides is 1. The number of aliphatic imine (C=N–C) groups is 1. The molecule has 1 aromatic carbocycles. The summed E-state index contributed by atoms with van der Waals surface area (Å²) in [6, 6.07) is 5.14. The first kappa shape index (κ1) is 21.2. The molecular formula is C15H21N7O5. The summed E-state index contributed by atoms with van der Waals surface area (Å²) in [7, 11) is 1.23. The topological polar surface area (TPSA) is 208 Å². The highest BCUT2D eigenvalue weighted by Gasteiger charge is 2.19. The SMILES string of the molecule is COC(=NN[C@@H](CC(=O)O)C(N)=O)NC(=O)Cc1cccc(N=C(N)N)c1. The fraction of sp³-hybridized carbons (Fsp3) is 0.267. The van der Waals surface area contributed by atoms with E-state index in [2.05, 4.69) is 20.8 Å². The Morgan fingerprint density at radius 1 is 1.26 bits per heavy atom. The van der Waals surface area contributed by atoms with Crippen molar-refractivity contribution in [3.05, 3.63) is 29.8 Å². The van der Waals surface area contributed by atoms with Gasteiger partial charge in [-0.25, -0.2) is 4.99 Å². The van der Waals surface area contributed by atoms with Gasteiger partial charge in [-0.05, 0) is 17.7 Å². The molecule has 0 spiro atoms. The highest BCUT2D eigenvalue weighted by molar-refractivity contribution is 5.95. The maximum absolute atomic E-state index is 12.1. The van der Waals surface area contributed by atoms with Gasteiger partial charge in [0.2, 0.25) is 11.8 Å². The maximum Gasteiger partial charge on any atom is 0.312 e. The number of guanidine groups is 1. The summed E-state index contributed by atoms with van der Waals surface area (Å²) in [6.45, 7) is 0. The van der Waals surface area contributed by atoms with Gasteiger partial charge in [0.1, 0.15) is 6.04 Å². The van der Waals surface area contributed by atoms with E-state index in [1.165, 1.54) is 7.11 Å². The number of methoxy groups -OCH3 is 1. The second-order valence-corrected chi connectivity index (χ2v) is 5.23. The second kappa shape index (κ2) is 10.2. The number of nitrogens with two attached hydrogens (primary N) is 3.